The van der Waals surface area contributed by atoms with Crippen molar-refractivity contribution in [2.24, 2.45) is 5.92 Å². The first-order valence-electron chi connectivity index (χ1n) is 11.7. The van der Waals surface area contributed by atoms with E-state index in [0.717, 1.165) is 63.5 Å². The predicted molar refractivity (Wildman–Crippen MR) is 117 cm³/mol. The Bertz CT molecular complexity index is 998. The first kappa shape index (κ1) is 20.5. The van der Waals surface area contributed by atoms with Gasteiger partial charge < -0.3 is 14.3 Å². The summed E-state index contributed by atoms with van der Waals surface area (Å²) in [6.07, 6.45) is 7.81. The van der Waals surface area contributed by atoms with Gasteiger partial charge in [0.05, 0.1) is 17.2 Å². The zero-order valence-corrected chi connectivity index (χ0v) is 17.8. The fourth-order valence-corrected chi connectivity index (χ4v) is 5.45. The first-order valence-corrected chi connectivity index (χ1v) is 11.7. The summed E-state index contributed by atoms with van der Waals surface area (Å²) < 4.78 is 11.8. The van der Waals surface area contributed by atoms with E-state index < -0.39 is 5.63 Å². The minimum absolute atomic E-state index is 0.0777. The molecule has 5 rings (SSSR count). The van der Waals surface area contributed by atoms with Crippen molar-refractivity contribution in [3.8, 4) is 5.75 Å². The molecular weight excluding hydrogens is 392 g/mol. The summed E-state index contributed by atoms with van der Waals surface area (Å²) in [5.74, 6) is 0.103. The largest absolute Gasteiger partial charge is 0.506 e. The van der Waals surface area contributed by atoms with E-state index in [-0.39, 0.29) is 40.6 Å². The molecule has 1 saturated carbocycles. The Hall–Kier alpha value is -2.40. The number of ketones is 1. The molecule has 3 atom stereocenters. The Morgan fingerprint density at radius 1 is 1.00 bits per heavy atom. The maximum absolute atomic E-state index is 13.3. The van der Waals surface area contributed by atoms with E-state index in [1.165, 1.54) is 0 Å². The Morgan fingerprint density at radius 2 is 1.81 bits per heavy atom. The summed E-state index contributed by atoms with van der Waals surface area (Å²) in [5.41, 5.74) is 1.00. The number of carbonyl (C=O) groups is 1. The van der Waals surface area contributed by atoms with Gasteiger partial charge in [-0.05, 0) is 56.4 Å². The van der Waals surface area contributed by atoms with Crippen LogP contribution in [0.5, 0.6) is 5.75 Å². The lowest BCUT2D eigenvalue weighted by atomic mass is 9.82. The molecule has 0 bridgehead atoms. The molecule has 1 aliphatic heterocycles. The molecule has 3 aliphatic rings. The van der Waals surface area contributed by atoms with E-state index in [0.29, 0.717) is 18.1 Å². The Morgan fingerprint density at radius 3 is 2.52 bits per heavy atom. The van der Waals surface area contributed by atoms with E-state index >= 15 is 0 Å². The van der Waals surface area contributed by atoms with Crippen LogP contribution in [0.15, 0.2) is 39.5 Å². The van der Waals surface area contributed by atoms with Crippen LogP contribution in [0.25, 0.3) is 0 Å². The number of ether oxygens (including phenoxy) is 1. The third kappa shape index (κ3) is 4.08. The zero-order valence-electron chi connectivity index (χ0n) is 17.8. The molecule has 0 radical (unpaired) electrons. The number of benzene rings is 1. The molecule has 5 nitrogen and oxygen atoms in total. The highest BCUT2D eigenvalue weighted by molar-refractivity contribution is 6.00. The SMILES string of the molecule is O=C1CCCCC(CC2CCCO2)c2oc(=O)c(C(c3ccccc3)C3CC3)c(O)c21. The molecule has 0 spiro atoms. The van der Waals surface area contributed by atoms with Gasteiger partial charge in [0, 0.05) is 24.9 Å². The van der Waals surface area contributed by atoms with Gasteiger partial charge >= 0.3 is 5.63 Å². The van der Waals surface area contributed by atoms with Gasteiger partial charge in [-0.1, -0.05) is 36.8 Å². The van der Waals surface area contributed by atoms with E-state index in [1.807, 2.05) is 30.3 Å². The summed E-state index contributed by atoms with van der Waals surface area (Å²) >= 11 is 0. The molecule has 0 amide bonds. The average Bonchev–Trinajstić information content (AvgIpc) is 3.47. The van der Waals surface area contributed by atoms with E-state index in [1.54, 1.807) is 0 Å². The number of rotatable bonds is 5. The van der Waals surface area contributed by atoms with Crippen molar-refractivity contribution in [2.45, 2.75) is 75.7 Å². The molecule has 1 N–H and O–H groups in total. The van der Waals surface area contributed by atoms with Crippen molar-refractivity contribution in [3.63, 3.8) is 0 Å². The molecule has 164 valence electrons. The summed E-state index contributed by atoms with van der Waals surface area (Å²) in [5, 5.41) is 11.4. The lowest BCUT2D eigenvalue weighted by molar-refractivity contribution is 0.0898. The normalized spacial score (nSPS) is 25.0. The number of Topliss-reactive ketones (excluding diaryl/α,β-unsaturated/α-hetero) is 1. The van der Waals surface area contributed by atoms with Crippen molar-refractivity contribution >= 4 is 5.78 Å². The number of carbonyl (C=O) groups excluding carboxylic acids is 1. The molecule has 3 unspecified atom stereocenters. The molecule has 1 aromatic carbocycles. The second-order valence-electron chi connectivity index (χ2n) is 9.35. The lowest BCUT2D eigenvalue weighted by Crippen LogP contribution is -2.23. The smallest absolute Gasteiger partial charge is 0.343 e. The van der Waals surface area contributed by atoms with E-state index in [2.05, 4.69) is 0 Å². The molecule has 31 heavy (non-hydrogen) atoms. The maximum atomic E-state index is 13.3. The van der Waals surface area contributed by atoms with Crippen LogP contribution in [0.3, 0.4) is 0 Å². The standard InChI is InChI=1S/C26H30O5/c27-20-11-5-4-9-18(15-19-10-6-14-30-19)25-22(20)24(28)23(26(29)31-25)21(17-12-13-17)16-7-2-1-3-8-16/h1-3,7-8,17-19,21,28H,4-6,9-15H2. The number of hydrogen-bond acceptors (Lipinski definition) is 5. The van der Waals surface area contributed by atoms with Crippen LogP contribution in [0.1, 0.15) is 96.9 Å². The third-order valence-electron chi connectivity index (χ3n) is 7.15. The molecule has 2 aliphatic carbocycles. The van der Waals surface area contributed by atoms with Gasteiger partial charge in [-0.2, -0.15) is 0 Å². The first-order chi connectivity index (χ1) is 15.1. The Balaban J connectivity index is 1.62. The summed E-state index contributed by atoms with van der Waals surface area (Å²) in [4.78, 5) is 26.4. The maximum Gasteiger partial charge on any atom is 0.343 e. The van der Waals surface area contributed by atoms with Crippen molar-refractivity contribution in [1.29, 1.82) is 0 Å². The van der Waals surface area contributed by atoms with Crippen LogP contribution in [0.4, 0.5) is 0 Å². The van der Waals surface area contributed by atoms with Gasteiger partial charge in [0.25, 0.3) is 0 Å². The van der Waals surface area contributed by atoms with Gasteiger partial charge in [0.15, 0.2) is 5.78 Å². The van der Waals surface area contributed by atoms with Gasteiger partial charge in [-0.15, -0.1) is 0 Å². The summed E-state index contributed by atoms with van der Waals surface area (Å²) in [6, 6.07) is 9.80. The van der Waals surface area contributed by atoms with Crippen molar-refractivity contribution < 1.29 is 19.1 Å². The predicted octanol–water partition coefficient (Wildman–Crippen LogP) is 5.30. The van der Waals surface area contributed by atoms with Crippen molar-refractivity contribution in [1.82, 2.24) is 0 Å². The van der Waals surface area contributed by atoms with Crippen molar-refractivity contribution in [2.75, 3.05) is 6.61 Å². The minimum Gasteiger partial charge on any atom is -0.506 e. The highest BCUT2D eigenvalue weighted by atomic mass is 16.5. The summed E-state index contributed by atoms with van der Waals surface area (Å²) in [7, 11) is 0. The van der Waals surface area contributed by atoms with E-state index in [4.69, 9.17) is 9.15 Å². The van der Waals surface area contributed by atoms with Crippen LogP contribution in [-0.4, -0.2) is 23.6 Å². The van der Waals surface area contributed by atoms with Crippen molar-refractivity contribution in [3.05, 3.63) is 63.2 Å². The molecular formula is C26H30O5. The number of aromatic hydroxyl groups is 1. The quantitative estimate of drug-likeness (QED) is 0.708. The number of fused-ring (bicyclic) bond motifs is 1. The van der Waals surface area contributed by atoms with Gasteiger partial charge in [-0.25, -0.2) is 4.79 Å². The molecule has 2 fully saturated rings. The summed E-state index contributed by atoms with van der Waals surface area (Å²) in [6.45, 7) is 0.761. The van der Waals surface area contributed by atoms with Crippen LogP contribution in [0.2, 0.25) is 0 Å². The van der Waals surface area contributed by atoms with Crippen LogP contribution in [-0.2, 0) is 4.74 Å². The van der Waals surface area contributed by atoms with Crippen LogP contribution >= 0.6 is 0 Å². The molecule has 2 heterocycles. The highest BCUT2D eigenvalue weighted by Gasteiger charge is 2.40. The van der Waals surface area contributed by atoms with Crippen LogP contribution < -0.4 is 5.63 Å². The Labute approximate surface area is 182 Å². The highest BCUT2D eigenvalue weighted by Crippen LogP contribution is 2.49. The molecule has 5 heteroatoms. The second-order valence-corrected chi connectivity index (χ2v) is 9.35. The minimum atomic E-state index is -0.497. The Kier molecular flexibility index (Phi) is 5.70. The average molecular weight is 423 g/mol. The fourth-order valence-electron chi connectivity index (χ4n) is 5.45. The zero-order chi connectivity index (χ0) is 21.4. The van der Waals surface area contributed by atoms with Gasteiger partial charge in [0.1, 0.15) is 11.5 Å². The lowest BCUT2D eigenvalue weighted by Gasteiger charge is -2.26. The molecule has 1 saturated heterocycles. The molecule has 2 aromatic rings. The van der Waals surface area contributed by atoms with Gasteiger partial charge in [0.2, 0.25) is 0 Å². The fraction of sp³-hybridized carbons (Fsp3) is 0.538. The third-order valence-corrected chi connectivity index (χ3v) is 7.15. The monoisotopic (exact) mass is 422 g/mol. The topological polar surface area (TPSA) is 76.7 Å². The number of hydrogen-bond donors (Lipinski definition) is 1. The molecule has 1 aromatic heterocycles. The van der Waals surface area contributed by atoms with Crippen LogP contribution in [0, 0.1) is 5.92 Å². The second kappa shape index (κ2) is 8.62. The van der Waals surface area contributed by atoms with Gasteiger partial charge in [-0.3, -0.25) is 4.79 Å². The van der Waals surface area contributed by atoms with E-state index in [9.17, 15) is 14.7 Å².